The van der Waals surface area contributed by atoms with E-state index in [0.29, 0.717) is 21.8 Å². The number of benzene rings is 2. The molecule has 0 aliphatic heterocycles. The molecule has 5 nitrogen and oxygen atoms in total. The first-order valence-electron chi connectivity index (χ1n) is 5.55. The average molecular weight is 255 g/mol. The van der Waals surface area contributed by atoms with Crippen LogP contribution in [0.5, 0.6) is 11.5 Å². The Morgan fingerprint density at radius 2 is 1.37 bits per heavy atom. The zero-order chi connectivity index (χ0) is 13.6. The molecule has 0 aliphatic rings. The number of phenolic OH excluding ortho intramolecular Hbond substituents is 2. The Hall–Kier alpha value is -2.82. The number of fused-ring (bicyclic) bond motifs is 2. The summed E-state index contributed by atoms with van der Waals surface area (Å²) in [5.41, 5.74) is 0.980. The van der Waals surface area contributed by atoms with Gasteiger partial charge in [-0.1, -0.05) is 0 Å². The number of carboxylic acids is 1. The van der Waals surface area contributed by atoms with Gasteiger partial charge in [-0.25, -0.2) is 9.78 Å². The van der Waals surface area contributed by atoms with E-state index in [1.165, 1.54) is 24.3 Å². The highest BCUT2D eigenvalue weighted by Gasteiger charge is 2.16. The summed E-state index contributed by atoms with van der Waals surface area (Å²) in [4.78, 5) is 15.8. The summed E-state index contributed by atoms with van der Waals surface area (Å²) in [6.45, 7) is 0. The molecular weight excluding hydrogens is 246 g/mol. The van der Waals surface area contributed by atoms with Gasteiger partial charge in [0.25, 0.3) is 0 Å². The molecule has 0 saturated carbocycles. The smallest absolute Gasteiger partial charge is 0.337 e. The Kier molecular flexibility index (Phi) is 2.28. The van der Waals surface area contributed by atoms with E-state index in [4.69, 9.17) is 0 Å². The zero-order valence-corrected chi connectivity index (χ0v) is 9.66. The van der Waals surface area contributed by atoms with Crippen molar-refractivity contribution < 1.29 is 20.1 Å². The summed E-state index contributed by atoms with van der Waals surface area (Å²) in [7, 11) is 0. The van der Waals surface area contributed by atoms with E-state index in [1.807, 2.05) is 0 Å². The number of aromatic nitrogens is 1. The number of rotatable bonds is 1. The van der Waals surface area contributed by atoms with Crippen molar-refractivity contribution in [2.75, 3.05) is 0 Å². The standard InChI is InChI=1S/C14H9NO4/c16-7-1-3-11-9(5-7)13(14(18)19)10-6-8(17)2-4-12(10)15-11/h1-6,16-17H,(H,18,19). The average Bonchev–Trinajstić information content (AvgIpc) is 2.35. The van der Waals surface area contributed by atoms with Crippen LogP contribution in [0.25, 0.3) is 21.8 Å². The minimum atomic E-state index is -1.13. The highest BCUT2D eigenvalue weighted by Crippen LogP contribution is 2.30. The fourth-order valence-electron chi connectivity index (χ4n) is 2.15. The van der Waals surface area contributed by atoms with Crippen LogP contribution in [0.1, 0.15) is 10.4 Å². The summed E-state index contributed by atoms with van der Waals surface area (Å²) in [5, 5.41) is 29.0. The van der Waals surface area contributed by atoms with Crippen molar-refractivity contribution in [1.29, 1.82) is 0 Å². The van der Waals surface area contributed by atoms with Crippen LogP contribution in [0.2, 0.25) is 0 Å². The van der Waals surface area contributed by atoms with Crippen LogP contribution in [-0.4, -0.2) is 26.3 Å². The van der Waals surface area contributed by atoms with Crippen LogP contribution >= 0.6 is 0 Å². The molecule has 94 valence electrons. The topological polar surface area (TPSA) is 90.7 Å². The number of aromatic carboxylic acids is 1. The van der Waals surface area contributed by atoms with E-state index < -0.39 is 5.97 Å². The third-order valence-electron chi connectivity index (χ3n) is 2.95. The van der Waals surface area contributed by atoms with E-state index in [9.17, 15) is 20.1 Å². The number of hydrogen-bond donors (Lipinski definition) is 3. The third-order valence-corrected chi connectivity index (χ3v) is 2.95. The Morgan fingerprint density at radius 1 is 0.895 bits per heavy atom. The molecule has 0 spiro atoms. The van der Waals surface area contributed by atoms with Crippen LogP contribution in [0.15, 0.2) is 36.4 Å². The van der Waals surface area contributed by atoms with Gasteiger partial charge < -0.3 is 15.3 Å². The number of carbonyl (C=O) groups is 1. The first-order chi connectivity index (χ1) is 9.06. The van der Waals surface area contributed by atoms with Crippen molar-refractivity contribution in [3.63, 3.8) is 0 Å². The van der Waals surface area contributed by atoms with Crippen LogP contribution in [0.4, 0.5) is 0 Å². The Labute approximate surface area is 107 Å². The monoisotopic (exact) mass is 255 g/mol. The molecule has 1 aromatic heterocycles. The molecule has 0 radical (unpaired) electrons. The molecule has 19 heavy (non-hydrogen) atoms. The van der Waals surface area contributed by atoms with Gasteiger partial charge in [-0.05, 0) is 36.4 Å². The summed E-state index contributed by atoms with van der Waals surface area (Å²) < 4.78 is 0. The predicted molar refractivity (Wildman–Crippen MR) is 69.5 cm³/mol. The molecule has 3 N–H and O–H groups in total. The predicted octanol–water partition coefficient (Wildman–Crippen LogP) is 2.50. The number of nitrogens with zero attached hydrogens (tertiary/aromatic N) is 1. The lowest BCUT2D eigenvalue weighted by atomic mass is 10.0. The van der Waals surface area contributed by atoms with Crippen molar-refractivity contribution in [2.45, 2.75) is 0 Å². The molecule has 0 amide bonds. The van der Waals surface area contributed by atoms with Gasteiger partial charge in [-0.3, -0.25) is 0 Å². The molecule has 0 saturated heterocycles. The van der Waals surface area contributed by atoms with E-state index in [2.05, 4.69) is 4.98 Å². The highest BCUT2D eigenvalue weighted by molar-refractivity contribution is 6.14. The van der Waals surface area contributed by atoms with Crippen LogP contribution in [0.3, 0.4) is 0 Å². The second-order valence-corrected chi connectivity index (χ2v) is 4.19. The maximum atomic E-state index is 11.5. The van der Waals surface area contributed by atoms with Gasteiger partial charge in [0.1, 0.15) is 11.5 Å². The minimum Gasteiger partial charge on any atom is -0.508 e. The molecule has 3 rings (SSSR count). The molecular formula is C14H9NO4. The molecule has 0 aliphatic carbocycles. The maximum absolute atomic E-state index is 11.5. The van der Waals surface area contributed by atoms with E-state index >= 15 is 0 Å². The van der Waals surface area contributed by atoms with Crippen molar-refractivity contribution >= 4 is 27.8 Å². The summed E-state index contributed by atoms with van der Waals surface area (Å²) in [6.07, 6.45) is 0. The first-order valence-corrected chi connectivity index (χ1v) is 5.55. The lowest BCUT2D eigenvalue weighted by molar-refractivity contribution is 0.0701. The highest BCUT2D eigenvalue weighted by atomic mass is 16.4. The van der Waals surface area contributed by atoms with Gasteiger partial charge in [0.05, 0.1) is 16.6 Å². The van der Waals surface area contributed by atoms with E-state index in [1.54, 1.807) is 12.1 Å². The summed E-state index contributed by atoms with van der Waals surface area (Å²) in [5.74, 6) is -1.19. The largest absolute Gasteiger partial charge is 0.508 e. The second-order valence-electron chi connectivity index (χ2n) is 4.19. The van der Waals surface area contributed by atoms with Crippen LogP contribution in [0, 0.1) is 0 Å². The lowest BCUT2D eigenvalue weighted by Gasteiger charge is -2.08. The minimum absolute atomic E-state index is 0.0202. The first kappa shape index (κ1) is 11.3. The Morgan fingerprint density at radius 3 is 1.79 bits per heavy atom. The van der Waals surface area contributed by atoms with Crippen molar-refractivity contribution in [3.05, 3.63) is 42.0 Å². The second kappa shape index (κ2) is 3.84. The van der Waals surface area contributed by atoms with Crippen LogP contribution < -0.4 is 0 Å². The number of hydrogen-bond acceptors (Lipinski definition) is 4. The fraction of sp³-hybridized carbons (Fsp3) is 0. The molecule has 1 heterocycles. The molecule has 0 fully saturated rings. The van der Waals surface area contributed by atoms with Crippen molar-refractivity contribution in [1.82, 2.24) is 4.98 Å². The fourth-order valence-corrected chi connectivity index (χ4v) is 2.15. The van der Waals surface area contributed by atoms with Gasteiger partial charge >= 0.3 is 5.97 Å². The maximum Gasteiger partial charge on any atom is 0.337 e. The molecule has 0 atom stereocenters. The molecule has 5 heteroatoms. The molecule has 0 bridgehead atoms. The number of carboxylic acid groups (broad SMARTS) is 1. The van der Waals surface area contributed by atoms with Crippen molar-refractivity contribution in [3.8, 4) is 11.5 Å². The Bertz CT molecular complexity index is 766. The number of pyridine rings is 1. The van der Waals surface area contributed by atoms with Gasteiger partial charge in [0.2, 0.25) is 0 Å². The molecule has 0 unspecified atom stereocenters. The zero-order valence-electron chi connectivity index (χ0n) is 9.66. The number of aromatic hydroxyl groups is 2. The van der Waals surface area contributed by atoms with E-state index in [-0.39, 0.29) is 17.1 Å². The van der Waals surface area contributed by atoms with E-state index in [0.717, 1.165) is 0 Å². The van der Waals surface area contributed by atoms with Gasteiger partial charge in [-0.15, -0.1) is 0 Å². The van der Waals surface area contributed by atoms with Crippen molar-refractivity contribution in [2.24, 2.45) is 0 Å². The summed E-state index contributed by atoms with van der Waals surface area (Å²) >= 11 is 0. The summed E-state index contributed by atoms with van der Waals surface area (Å²) in [6, 6.07) is 8.73. The Balaban J connectivity index is 2.58. The molecule has 3 aromatic rings. The van der Waals surface area contributed by atoms with Gasteiger partial charge in [-0.2, -0.15) is 0 Å². The third kappa shape index (κ3) is 1.72. The lowest BCUT2D eigenvalue weighted by Crippen LogP contribution is -2.00. The van der Waals surface area contributed by atoms with Gasteiger partial charge in [0, 0.05) is 10.8 Å². The normalized spacial score (nSPS) is 10.9. The SMILES string of the molecule is O=C(O)c1c2cc(O)ccc2nc2ccc(O)cc12. The van der Waals surface area contributed by atoms with Crippen LogP contribution in [-0.2, 0) is 0 Å². The van der Waals surface area contributed by atoms with Gasteiger partial charge in [0.15, 0.2) is 0 Å². The quantitative estimate of drug-likeness (QED) is 0.581. The molecule has 2 aromatic carbocycles. The number of phenols is 2.